The van der Waals surface area contributed by atoms with E-state index < -0.39 is 21.1 Å². The Morgan fingerprint density at radius 1 is 1.47 bits per heavy atom. The minimum absolute atomic E-state index is 0.0386. The standard InChI is InChI=1S/C9H15NO4S/c1-8(7-9(11)12)15(13,14)6-4-2-3-5-10/h8H,2-4,6-7H2,1H3,(H,11,12). The number of hydrogen-bond acceptors (Lipinski definition) is 4. The van der Waals surface area contributed by atoms with Gasteiger partial charge in [0.1, 0.15) is 0 Å². The first-order valence-corrected chi connectivity index (χ1v) is 6.42. The lowest BCUT2D eigenvalue weighted by Gasteiger charge is -2.09. The van der Waals surface area contributed by atoms with Gasteiger partial charge in [0, 0.05) is 6.42 Å². The molecule has 0 aromatic heterocycles. The van der Waals surface area contributed by atoms with Crippen molar-refractivity contribution in [2.75, 3.05) is 5.75 Å². The summed E-state index contributed by atoms with van der Waals surface area (Å²) in [6.45, 7) is 1.40. The van der Waals surface area contributed by atoms with Crippen LogP contribution in [0.4, 0.5) is 0 Å². The van der Waals surface area contributed by atoms with Crippen molar-refractivity contribution >= 4 is 15.8 Å². The molecule has 0 bridgehead atoms. The fraction of sp³-hybridized carbons (Fsp3) is 0.778. The van der Waals surface area contributed by atoms with Crippen molar-refractivity contribution in [2.45, 2.75) is 37.9 Å². The Morgan fingerprint density at radius 3 is 2.53 bits per heavy atom. The summed E-state index contributed by atoms with van der Waals surface area (Å²) in [5.41, 5.74) is 0. The summed E-state index contributed by atoms with van der Waals surface area (Å²) in [6, 6.07) is 1.93. The van der Waals surface area contributed by atoms with Crippen LogP contribution in [-0.2, 0) is 14.6 Å². The van der Waals surface area contributed by atoms with Crippen LogP contribution in [0.15, 0.2) is 0 Å². The minimum Gasteiger partial charge on any atom is -0.481 e. The molecule has 0 aromatic carbocycles. The predicted molar refractivity (Wildman–Crippen MR) is 55.0 cm³/mol. The van der Waals surface area contributed by atoms with E-state index in [9.17, 15) is 13.2 Å². The largest absolute Gasteiger partial charge is 0.481 e. The lowest BCUT2D eigenvalue weighted by atomic mass is 10.3. The van der Waals surface area contributed by atoms with Crippen LogP contribution >= 0.6 is 0 Å². The summed E-state index contributed by atoms with van der Waals surface area (Å²) in [5, 5.41) is 15.8. The normalized spacial score (nSPS) is 13.1. The minimum atomic E-state index is -3.33. The van der Waals surface area contributed by atoms with E-state index in [0.717, 1.165) is 0 Å². The van der Waals surface area contributed by atoms with Gasteiger partial charge in [0.25, 0.3) is 0 Å². The molecule has 15 heavy (non-hydrogen) atoms. The highest BCUT2D eigenvalue weighted by molar-refractivity contribution is 7.92. The van der Waals surface area contributed by atoms with Crippen molar-refractivity contribution in [3.05, 3.63) is 0 Å². The van der Waals surface area contributed by atoms with Gasteiger partial charge in [-0.2, -0.15) is 5.26 Å². The molecule has 0 rings (SSSR count). The van der Waals surface area contributed by atoms with E-state index in [-0.39, 0.29) is 12.2 Å². The average Bonchev–Trinajstić information content (AvgIpc) is 2.11. The van der Waals surface area contributed by atoms with Gasteiger partial charge in [0.2, 0.25) is 0 Å². The van der Waals surface area contributed by atoms with Crippen molar-refractivity contribution in [3.63, 3.8) is 0 Å². The Hall–Kier alpha value is -1.09. The number of nitriles is 1. The van der Waals surface area contributed by atoms with Gasteiger partial charge in [-0.1, -0.05) is 0 Å². The van der Waals surface area contributed by atoms with Crippen LogP contribution < -0.4 is 0 Å². The molecule has 0 amide bonds. The molecule has 5 nitrogen and oxygen atoms in total. The second-order valence-electron chi connectivity index (χ2n) is 3.39. The summed E-state index contributed by atoms with van der Waals surface area (Å²) in [6.07, 6.45) is 0.929. The quantitative estimate of drug-likeness (QED) is 0.661. The van der Waals surface area contributed by atoms with Gasteiger partial charge in [-0.25, -0.2) is 8.42 Å². The van der Waals surface area contributed by atoms with Gasteiger partial charge >= 0.3 is 5.97 Å². The topological polar surface area (TPSA) is 95.2 Å². The summed E-state index contributed by atoms with van der Waals surface area (Å²) < 4.78 is 23.0. The molecule has 0 saturated carbocycles. The number of hydrogen-bond donors (Lipinski definition) is 1. The lowest BCUT2D eigenvalue weighted by Crippen LogP contribution is -2.23. The van der Waals surface area contributed by atoms with E-state index >= 15 is 0 Å². The maximum absolute atomic E-state index is 11.5. The third kappa shape index (κ3) is 6.07. The SMILES string of the molecule is CC(CC(=O)O)S(=O)(=O)CCCCC#N. The molecule has 86 valence electrons. The molecule has 0 aliphatic rings. The number of nitrogens with zero attached hydrogens (tertiary/aromatic N) is 1. The molecule has 6 heteroatoms. The zero-order valence-electron chi connectivity index (χ0n) is 8.64. The summed E-state index contributed by atoms with van der Waals surface area (Å²) in [7, 11) is -3.33. The first-order valence-electron chi connectivity index (χ1n) is 4.70. The van der Waals surface area contributed by atoms with Gasteiger partial charge < -0.3 is 5.11 Å². The number of rotatable bonds is 7. The molecule has 0 saturated heterocycles. The molecule has 1 N–H and O–H groups in total. The van der Waals surface area contributed by atoms with E-state index in [0.29, 0.717) is 19.3 Å². The highest BCUT2D eigenvalue weighted by atomic mass is 32.2. The van der Waals surface area contributed by atoms with Crippen molar-refractivity contribution < 1.29 is 18.3 Å². The second-order valence-corrected chi connectivity index (χ2v) is 5.93. The zero-order chi connectivity index (χ0) is 11.9. The van der Waals surface area contributed by atoms with E-state index in [1.807, 2.05) is 6.07 Å². The molecule has 0 radical (unpaired) electrons. The number of sulfone groups is 1. The first-order chi connectivity index (χ1) is 6.90. The van der Waals surface area contributed by atoms with Gasteiger partial charge in [0.05, 0.1) is 23.5 Å². The molecular formula is C9H15NO4S. The number of carboxylic acids is 1. The summed E-state index contributed by atoms with van der Waals surface area (Å²) >= 11 is 0. The van der Waals surface area contributed by atoms with Gasteiger partial charge in [-0.05, 0) is 19.8 Å². The van der Waals surface area contributed by atoms with E-state index in [2.05, 4.69) is 0 Å². The van der Waals surface area contributed by atoms with Crippen molar-refractivity contribution in [2.24, 2.45) is 0 Å². The fourth-order valence-corrected chi connectivity index (χ4v) is 2.49. The Balaban J connectivity index is 4.07. The van der Waals surface area contributed by atoms with Crippen molar-refractivity contribution in [1.82, 2.24) is 0 Å². The second kappa shape index (κ2) is 6.40. The number of unbranched alkanes of at least 4 members (excludes halogenated alkanes) is 2. The van der Waals surface area contributed by atoms with Crippen LogP contribution in [0.2, 0.25) is 0 Å². The molecule has 0 aliphatic carbocycles. The fourth-order valence-electron chi connectivity index (χ4n) is 1.08. The molecule has 0 spiro atoms. The summed E-state index contributed by atoms with van der Waals surface area (Å²) in [4.78, 5) is 10.3. The van der Waals surface area contributed by atoms with E-state index in [4.69, 9.17) is 10.4 Å². The molecule has 0 fully saturated rings. The monoisotopic (exact) mass is 233 g/mol. The maximum Gasteiger partial charge on any atom is 0.304 e. The van der Waals surface area contributed by atoms with Crippen LogP contribution in [-0.4, -0.2) is 30.5 Å². The first kappa shape index (κ1) is 13.9. The molecular weight excluding hydrogens is 218 g/mol. The Morgan fingerprint density at radius 2 is 2.07 bits per heavy atom. The van der Waals surface area contributed by atoms with Crippen molar-refractivity contribution in [3.8, 4) is 6.07 Å². The maximum atomic E-state index is 11.5. The third-order valence-electron chi connectivity index (χ3n) is 2.04. The van der Waals surface area contributed by atoms with E-state index in [1.165, 1.54) is 6.92 Å². The molecule has 0 aromatic rings. The van der Waals surface area contributed by atoms with E-state index in [1.54, 1.807) is 0 Å². The van der Waals surface area contributed by atoms with Gasteiger partial charge in [0.15, 0.2) is 9.84 Å². The number of aliphatic carboxylic acids is 1. The molecule has 1 unspecified atom stereocenters. The zero-order valence-corrected chi connectivity index (χ0v) is 9.46. The summed E-state index contributed by atoms with van der Waals surface area (Å²) in [5.74, 6) is -1.15. The average molecular weight is 233 g/mol. The van der Waals surface area contributed by atoms with Crippen LogP contribution in [0, 0.1) is 11.3 Å². The molecule has 1 atom stereocenters. The number of carbonyl (C=O) groups is 1. The van der Waals surface area contributed by atoms with Crippen molar-refractivity contribution in [1.29, 1.82) is 5.26 Å². The third-order valence-corrected chi connectivity index (χ3v) is 4.29. The highest BCUT2D eigenvalue weighted by Gasteiger charge is 2.22. The Kier molecular flexibility index (Phi) is 5.94. The Bertz CT molecular complexity index is 342. The van der Waals surface area contributed by atoms with Crippen LogP contribution in [0.5, 0.6) is 0 Å². The number of carboxylic acid groups (broad SMARTS) is 1. The molecule has 0 heterocycles. The molecule has 0 aliphatic heterocycles. The van der Waals surface area contributed by atoms with Crippen LogP contribution in [0.25, 0.3) is 0 Å². The van der Waals surface area contributed by atoms with Gasteiger partial charge in [-0.3, -0.25) is 4.79 Å². The smallest absolute Gasteiger partial charge is 0.304 e. The Labute approximate surface area is 89.6 Å². The predicted octanol–water partition coefficient (Wildman–Crippen LogP) is 0.958. The van der Waals surface area contributed by atoms with Crippen LogP contribution in [0.1, 0.15) is 32.6 Å². The van der Waals surface area contributed by atoms with Crippen LogP contribution in [0.3, 0.4) is 0 Å². The van der Waals surface area contributed by atoms with Gasteiger partial charge in [-0.15, -0.1) is 0 Å². The highest BCUT2D eigenvalue weighted by Crippen LogP contribution is 2.09. The lowest BCUT2D eigenvalue weighted by molar-refractivity contribution is -0.136.